The molecule has 0 saturated heterocycles. The number of carbonyl (C=O) groups is 1. The third-order valence-corrected chi connectivity index (χ3v) is 2.75. The van der Waals surface area contributed by atoms with Gasteiger partial charge in [-0.1, -0.05) is 6.07 Å². The predicted octanol–water partition coefficient (Wildman–Crippen LogP) is 1.20. The van der Waals surface area contributed by atoms with E-state index in [1.807, 2.05) is 32.3 Å². The van der Waals surface area contributed by atoms with Gasteiger partial charge in [-0.3, -0.25) is 4.79 Å². The second kappa shape index (κ2) is 7.13. The Balaban J connectivity index is 2.90. The summed E-state index contributed by atoms with van der Waals surface area (Å²) < 4.78 is 5.23. The molecule has 0 atom stereocenters. The zero-order valence-electron chi connectivity index (χ0n) is 11.6. The summed E-state index contributed by atoms with van der Waals surface area (Å²) >= 11 is 0. The zero-order valence-corrected chi connectivity index (χ0v) is 11.6. The fourth-order valence-corrected chi connectivity index (χ4v) is 1.74. The van der Waals surface area contributed by atoms with Crippen LogP contribution in [0.5, 0.6) is 5.75 Å². The van der Waals surface area contributed by atoms with E-state index < -0.39 is 0 Å². The molecule has 0 radical (unpaired) electrons. The molecule has 1 N–H and O–H groups in total. The molecule has 100 valence electrons. The number of nitrogens with zero attached hydrogens (tertiary/aromatic N) is 1. The molecule has 0 aromatic heterocycles. The number of Topliss-reactive ketones (excluding diaryl/α,β-unsaturated/α-hetero) is 1. The van der Waals surface area contributed by atoms with Crippen molar-refractivity contribution >= 4 is 5.78 Å². The molecule has 0 bridgehead atoms. The first-order valence-electron chi connectivity index (χ1n) is 6.08. The molecule has 4 nitrogen and oxygen atoms in total. The first-order chi connectivity index (χ1) is 8.58. The van der Waals surface area contributed by atoms with Gasteiger partial charge >= 0.3 is 0 Å². The summed E-state index contributed by atoms with van der Waals surface area (Å²) in [6, 6.07) is 5.81. The lowest BCUT2D eigenvalue weighted by Crippen LogP contribution is -2.20. The summed E-state index contributed by atoms with van der Waals surface area (Å²) in [4.78, 5) is 14.1. The fourth-order valence-electron chi connectivity index (χ4n) is 1.74. The third kappa shape index (κ3) is 4.13. The van der Waals surface area contributed by atoms with E-state index in [1.165, 1.54) is 0 Å². The minimum atomic E-state index is 0.0565. The second-order valence-electron chi connectivity index (χ2n) is 4.54. The molecule has 1 aromatic rings. The van der Waals surface area contributed by atoms with Gasteiger partial charge in [0, 0.05) is 6.54 Å². The normalized spacial score (nSPS) is 10.7. The number of nitrogens with one attached hydrogen (secondary N) is 1. The van der Waals surface area contributed by atoms with Crippen molar-refractivity contribution in [2.24, 2.45) is 0 Å². The molecule has 0 heterocycles. The Hall–Kier alpha value is -1.39. The van der Waals surface area contributed by atoms with Crippen LogP contribution in [0.15, 0.2) is 18.2 Å². The highest BCUT2D eigenvalue weighted by molar-refractivity contribution is 6.00. The van der Waals surface area contributed by atoms with Crippen LogP contribution in [0, 0.1) is 0 Å². The molecule has 4 heteroatoms. The van der Waals surface area contributed by atoms with E-state index in [0.29, 0.717) is 17.9 Å². The summed E-state index contributed by atoms with van der Waals surface area (Å²) in [5, 5.41) is 2.87. The average Bonchev–Trinajstić information content (AvgIpc) is 2.36. The maximum Gasteiger partial charge on any atom is 0.180 e. The molecule has 0 aliphatic carbocycles. The zero-order chi connectivity index (χ0) is 13.5. The van der Waals surface area contributed by atoms with E-state index in [0.717, 1.165) is 18.5 Å². The largest absolute Gasteiger partial charge is 0.496 e. The van der Waals surface area contributed by atoms with Crippen LogP contribution in [0.4, 0.5) is 0 Å². The molecule has 0 fully saturated rings. The van der Waals surface area contributed by atoms with Crippen LogP contribution in [0.3, 0.4) is 0 Å². The van der Waals surface area contributed by atoms with Gasteiger partial charge in [0.2, 0.25) is 0 Å². The summed E-state index contributed by atoms with van der Waals surface area (Å²) in [5.41, 5.74) is 1.81. The number of ether oxygens (including phenoxy) is 1. The SMILES string of the molecule is CNCC(=O)c1cc(CCN(C)C)ccc1OC. The number of hydrogen-bond donors (Lipinski definition) is 1. The van der Waals surface area contributed by atoms with Gasteiger partial charge in [0.1, 0.15) is 5.75 Å². The number of carbonyl (C=O) groups excluding carboxylic acids is 1. The van der Waals surface area contributed by atoms with Crippen molar-refractivity contribution in [2.75, 3.05) is 41.3 Å². The van der Waals surface area contributed by atoms with Crippen molar-refractivity contribution in [3.8, 4) is 5.75 Å². The van der Waals surface area contributed by atoms with Crippen molar-refractivity contribution in [3.63, 3.8) is 0 Å². The lowest BCUT2D eigenvalue weighted by Gasteiger charge is -2.12. The molecule has 0 saturated carbocycles. The lowest BCUT2D eigenvalue weighted by atomic mass is 10.0. The monoisotopic (exact) mass is 250 g/mol. The molecule has 0 unspecified atom stereocenters. The van der Waals surface area contributed by atoms with Crippen LogP contribution in [0.1, 0.15) is 15.9 Å². The molecule has 1 rings (SSSR count). The number of likely N-dealkylation sites (N-methyl/N-ethyl adjacent to an activating group) is 2. The van der Waals surface area contributed by atoms with Crippen molar-refractivity contribution in [3.05, 3.63) is 29.3 Å². The molecule has 0 aliphatic heterocycles. The van der Waals surface area contributed by atoms with Gasteiger partial charge in [-0.05, 0) is 45.3 Å². The number of benzene rings is 1. The minimum Gasteiger partial charge on any atom is -0.496 e. The van der Waals surface area contributed by atoms with E-state index in [9.17, 15) is 4.79 Å². The van der Waals surface area contributed by atoms with Crippen LogP contribution in [-0.4, -0.2) is 52.0 Å². The Bertz CT molecular complexity index is 403. The third-order valence-electron chi connectivity index (χ3n) is 2.75. The van der Waals surface area contributed by atoms with Gasteiger partial charge in [0.25, 0.3) is 0 Å². The van der Waals surface area contributed by atoms with E-state index in [4.69, 9.17) is 4.74 Å². The standard InChI is InChI=1S/C14H22N2O2/c1-15-10-13(17)12-9-11(7-8-16(2)3)5-6-14(12)18-4/h5-6,9,15H,7-8,10H2,1-4H3. The summed E-state index contributed by atoms with van der Waals surface area (Å²) in [7, 11) is 7.43. The lowest BCUT2D eigenvalue weighted by molar-refractivity contribution is 0.0990. The Kier molecular flexibility index (Phi) is 5.82. The molecule has 0 spiro atoms. The smallest absolute Gasteiger partial charge is 0.180 e. The van der Waals surface area contributed by atoms with Crippen LogP contribution in [0.2, 0.25) is 0 Å². The van der Waals surface area contributed by atoms with Gasteiger partial charge in [0.05, 0.1) is 19.2 Å². The number of methoxy groups -OCH3 is 1. The van der Waals surface area contributed by atoms with Gasteiger partial charge in [-0.25, -0.2) is 0 Å². The van der Waals surface area contributed by atoms with E-state index in [1.54, 1.807) is 14.2 Å². The quantitative estimate of drug-likeness (QED) is 0.738. The summed E-state index contributed by atoms with van der Waals surface area (Å²) in [6.45, 7) is 1.29. The van der Waals surface area contributed by atoms with Crippen LogP contribution in [-0.2, 0) is 6.42 Å². The van der Waals surface area contributed by atoms with Crippen molar-refractivity contribution in [2.45, 2.75) is 6.42 Å². The average molecular weight is 250 g/mol. The minimum absolute atomic E-state index is 0.0565. The van der Waals surface area contributed by atoms with Crippen LogP contribution in [0.25, 0.3) is 0 Å². The molecule has 0 amide bonds. The van der Waals surface area contributed by atoms with E-state index in [2.05, 4.69) is 10.2 Å². The maximum absolute atomic E-state index is 12.0. The van der Waals surface area contributed by atoms with E-state index in [-0.39, 0.29) is 5.78 Å². The summed E-state index contributed by atoms with van der Waals surface area (Å²) in [5.74, 6) is 0.699. The molecule has 1 aromatic carbocycles. The highest BCUT2D eigenvalue weighted by Gasteiger charge is 2.12. The molecular formula is C14H22N2O2. The number of rotatable bonds is 7. The van der Waals surface area contributed by atoms with E-state index >= 15 is 0 Å². The molecular weight excluding hydrogens is 228 g/mol. The van der Waals surface area contributed by atoms with Gasteiger partial charge in [-0.15, -0.1) is 0 Å². The molecule has 18 heavy (non-hydrogen) atoms. The van der Waals surface area contributed by atoms with Gasteiger partial charge in [0.15, 0.2) is 5.78 Å². The van der Waals surface area contributed by atoms with Crippen LogP contribution < -0.4 is 10.1 Å². The van der Waals surface area contributed by atoms with Crippen molar-refractivity contribution in [1.82, 2.24) is 10.2 Å². The van der Waals surface area contributed by atoms with Gasteiger partial charge in [-0.2, -0.15) is 0 Å². The number of hydrogen-bond acceptors (Lipinski definition) is 4. The maximum atomic E-state index is 12.0. The first-order valence-corrected chi connectivity index (χ1v) is 6.08. The van der Waals surface area contributed by atoms with Crippen LogP contribution >= 0.6 is 0 Å². The molecule has 0 aliphatic rings. The highest BCUT2D eigenvalue weighted by Crippen LogP contribution is 2.20. The van der Waals surface area contributed by atoms with Gasteiger partial charge < -0.3 is 15.0 Å². The Morgan fingerprint density at radius 3 is 2.67 bits per heavy atom. The number of ketones is 1. The predicted molar refractivity (Wildman–Crippen MR) is 73.5 cm³/mol. The van der Waals surface area contributed by atoms with Crippen molar-refractivity contribution in [1.29, 1.82) is 0 Å². The van der Waals surface area contributed by atoms with Crippen molar-refractivity contribution < 1.29 is 9.53 Å². The Morgan fingerprint density at radius 1 is 1.39 bits per heavy atom. The summed E-state index contributed by atoms with van der Waals surface area (Å²) in [6.07, 6.45) is 0.927. The fraction of sp³-hybridized carbons (Fsp3) is 0.500. The Morgan fingerprint density at radius 2 is 2.11 bits per heavy atom. The second-order valence-corrected chi connectivity index (χ2v) is 4.54. The topological polar surface area (TPSA) is 41.6 Å². The Labute approximate surface area is 109 Å². The highest BCUT2D eigenvalue weighted by atomic mass is 16.5. The first kappa shape index (κ1) is 14.7.